The molecule has 3 aromatic rings. The molecule has 0 aliphatic heterocycles. The van der Waals surface area contributed by atoms with E-state index in [9.17, 15) is 4.79 Å². The molecule has 1 saturated carbocycles. The molecule has 0 atom stereocenters. The molecule has 2 heterocycles. The maximum atomic E-state index is 12.4. The summed E-state index contributed by atoms with van der Waals surface area (Å²) in [5, 5.41) is 5.55. The fourth-order valence-corrected chi connectivity index (χ4v) is 4.04. The normalized spacial score (nSPS) is 14.2. The topological polar surface area (TPSA) is 126 Å². The van der Waals surface area contributed by atoms with Gasteiger partial charge in [0.2, 0.25) is 0 Å². The van der Waals surface area contributed by atoms with E-state index < -0.39 is 0 Å². The largest absolute Gasteiger partial charge is 0.412 e. The van der Waals surface area contributed by atoms with Crippen LogP contribution >= 0.6 is 11.9 Å². The third kappa shape index (κ3) is 3.54. The Morgan fingerprint density at radius 3 is 2.50 bits per heavy atom. The van der Waals surface area contributed by atoms with Gasteiger partial charge < -0.3 is 15.9 Å². The molecule has 140 valence electrons. The van der Waals surface area contributed by atoms with Crippen molar-refractivity contribution in [1.82, 2.24) is 19.5 Å². The van der Waals surface area contributed by atoms with Crippen molar-refractivity contribution in [3.63, 3.8) is 0 Å². The van der Waals surface area contributed by atoms with Crippen LogP contribution in [-0.2, 0) is 0 Å². The summed E-state index contributed by atoms with van der Waals surface area (Å²) in [5.74, 6) is 0. The Labute approximate surface area is 155 Å². The molecule has 0 amide bonds. The lowest BCUT2D eigenvalue weighted by atomic mass is 10.1. The first-order valence-electron chi connectivity index (χ1n) is 8.32. The second-order valence-corrected chi connectivity index (χ2v) is 7.21. The number of nitrogens with zero attached hydrogens (tertiary/aromatic N) is 2. The lowest BCUT2D eigenvalue weighted by Crippen LogP contribution is -2.08. The molecule has 26 heavy (non-hydrogen) atoms. The molecule has 1 aliphatic rings. The fraction of sp³-hybridized carbons (Fsp3) is 0.333. The summed E-state index contributed by atoms with van der Waals surface area (Å²) in [6.45, 7) is 0. The molecule has 0 unspecified atom stereocenters. The molecule has 1 aromatic carbocycles. The van der Waals surface area contributed by atoms with Crippen LogP contribution in [0.2, 0.25) is 0 Å². The van der Waals surface area contributed by atoms with Gasteiger partial charge in [-0.15, -0.1) is 0 Å². The van der Waals surface area contributed by atoms with Gasteiger partial charge in [0, 0.05) is 16.7 Å². The SMILES string of the molecule is CNSc1ccc(-c2nn(C3CCCC3)c3cc[nH]c(=O)c23)cc1.O.O. The van der Waals surface area contributed by atoms with Crippen molar-refractivity contribution in [3.8, 4) is 11.3 Å². The highest BCUT2D eigenvalue weighted by molar-refractivity contribution is 7.97. The highest BCUT2D eigenvalue weighted by Gasteiger charge is 2.23. The predicted octanol–water partition coefficient (Wildman–Crippen LogP) is 2.08. The van der Waals surface area contributed by atoms with Crippen LogP contribution in [-0.4, -0.2) is 32.8 Å². The molecule has 0 bridgehead atoms. The van der Waals surface area contributed by atoms with Crippen LogP contribution in [0.15, 0.2) is 46.2 Å². The van der Waals surface area contributed by atoms with E-state index in [1.54, 1.807) is 18.1 Å². The zero-order valence-electron chi connectivity index (χ0n) is 14.6. The van der Waals surface area contributed by atoms with Crippen LogP contribution in [0.25, 0.3) is 22.2 Å². The van der Waals surface area contributed by atoms with Gasteiger partial charge in [0.15, 0.2) is 0 Å². The molecule has 0 spiro atoms. The summed E-state index contributed by atoms with van der Waals surface area (Å²) in [4.78, 5) is 16.4. The lowest BCUT2D eigenvalue weighted by Gasteiger charge is -2.10. The number of hydrogen-bond donors (Lipinski definition) is 2. The zero-order chi connectivity index (χ0) is 16.5. The number of H-pyrrole nitrogens is 1. The van der Waals surface area contributed by atoms with Crippen LogP contribution in [0.4, 0.5) is 0 Å². The van der Waals surface area contributed by atoms with Crippen LogP contribution < -0.4 is 10.3 Å². The summed E-state index contributed by atoms with van der Waals surface area (Å²) in [5.41, 5.74) is 2.63. The molecule has 6 N–H and O–H groups in total. The van der Waals surface area contributed by atoms with Crippen molar-refractivity contribution in [2.24, 2.45) is 0 Å². The van der Waals surface area contributed by atoms with E-state index in [-0.39, 0.29) is 16.5 Å². The number of benzene rings is 1. The molecule has 8 heteroatoms. The minimum Gasteiger partial charge on any atom is -0.412 e. The summed E-state index contributed by atoms with van der Waals surface area (Å²) < 4.78 is 5.14. The molecule has 2 aromatic heterocycles. The minimum atomic E-state index is -0.0691. The maximum absolute atomic E-state index is 12.4. The number of rotatable bonds is 4. The molecule has 1 fully saturated rings. The first-order chi connectivity index (χ1) is 11.8. The summed E-state index contributed by atoms with van der Waals surface area (Å²) in [7, 11) is 1.90. The van der Waals surface area contributed by atoms with Crippen molar-refractivity contribution < 1.29 is 11.0 Å². The highest BCUT2D eigenvalue weighted by Crippen LogP contribution is 2.34. The van der Waals surface area contributed by atoms with E-state index in [4.69, 9.17) is 5.10 Å². The molecular formula is C18H24N4O3S. The molecule has 7 nitrogen and oxygen atoms in total. The highest BCUT2D eigenvalue weighted by atomic mass is 32.2. The first-order valence-corrected chi connectivity index (χ1v) is 9.13. The van der Waals surface area contributed by atoms with Crippen LogP contribution in [0.3, 0.4) is 0 Å². The third-order valence-corrected chi connectivity index (χ3v) is 5.36. The van der Waals surface area contributed by atoms with Gasteiger partial charge in [-0.3, -0.25) is 14.2 Å². The van der Waals surface area contributed by atoms with Crippen LogP contribution in [0.1, 0.15) is 31.7 Å². The van der Waals surface area contributed by atoms with Gasteiger partial charge in [0.25, 0.3) is 5.56 Å². The van der Waals surface area contributed by atoms with E-state index in [1.807, 2.05) is 37.4 Å². The first kappa shape index (κ1) is 20.2. The monoisotopic (exact) mass is 376 g/mol. The Hall–Kier alpha value is -2.13. The van der Waals surface area contributed by atoms with E-state index >= 15 is 0 Å². The molecule has 0 radical (unpaired) electrons. The Balaban J connectivity index is 0.00000121. The number of aromatic nitrogens is 3. The third-order valence-electron chi connectivity index (χ3n) is 4.65. The lowest BCUT2D eigenvalue weighted by molar-refractivity contribution is 0.483. The summed E-state index contributed by atoms with van der Waals surface area (Å²) in [6, 6.07) is 10.5. The van der Waals surface area contributed by atoms with Crippen LogP contribution in [0, 0.1) is 0 Å². The molecule has 0 saturated heterocycles. The van der Waals surface area contributed by atoms with Gasteiger partial charge >= 0.3 is 0 Å². The van der Waals surface area contributed by atoms with E-state index in [1.165, 1.54) is 12.8 Å². The predicted molar refractivity (Wildman–Crippen MR) is 105 cm³/mol. The van der Waals surface area contributed by atoms with Crippen molar-refractivity contribution in [3.05, 3.63) is 46.9 Å². The van der Waals surface area contributed by atoms with E-state index in [0.717, 1.165) is 34.5 Å². The fourth-order valence-electron chi connectivity index (χ4n) is 3.53. The number of pyridine rings is 1. The second kappa shape index (κ2) is 8.50. The van der Waals surface area contributed by atoms with Crippen molar-refractivity contribution >= 4 is 22.9 Å². The standard InChI is InChI=1S/C18H20N4OS.2H2O/c1-19-24-14-8-6-12(7-9-14)17-16-15(10-11-20-18(16)23)22(21-17)13-4-2-3-5-13;;/h6-11,13,19H,2-5H2,1H3,(H,20,23);2*1H2. The molecule has 4 rings (SSSR count). The van der Waals surface area contributed by atoms with Crippen molar-refractivity contribution in [1.29, 1.82) is 0 Å². The second-order valence-electron chi connectivity index (χ2n) is 6.13. The average molecular weight is 376 g/mol. The van der Waals surface area contributed by atoms with Gasteiger partial charge in [-0.05, 0) is 50.0 Å². The Morgan fingerprint density at radius 2 is 1.85 bits per heavy atom. The number of fused-ring (bicyclic) bond motifs is 1. The average Bonchev–Trinajstić information content (AvgIpc) is 3.24. The number of nitrogens with one attached hydrogen (secondary N) is 2. The Morgan fingerprint density at radius 1 is 1.15 bits per heavy atom. The molecular weight excluding hydrogens is 352 g/mol. The number of aromatic amines is 1. The Bertz CT molecular complexity index is 914. The minimum absolute atomic E-state index is 0. The van der Waals surface area contributed by atoms with E-state index in [2.05, 4.69) is 14.4 Å². The smallest absolute Gasteiger partial charge is 0.259 e. The summed E-state index contributed by atoms with van der Waals surface area (Å²) in [6.07, 6.45) is 6.47. The van der Waals surface area contributed by atoms with Gasteiger partial charge in [0.05, 0.1) is 16.9 Å². The van der Waals surface area contributed by atoms with Gasteiger partial charge in [-0.1, -0.05) is 25.0 Å². The van der Waals surface area contributed by atoms with Gasteiger partial charge in [-0.2, -0.15) is 5.10 Å². The zero-order valence-corrected chi connectivity index (χ0v) is 15.4. The van der Waals surface area contributed by atoms with Crippen LogP contribution in [0.5, 0.6) is 0 Å². The Kier molecular flexibility index (Phi) is 6.60. The maximum Gasteiger partial charge on any atom is 0.259 e. The van der Waals surface area contributed by atoms with Crippen molar-refractivity contribution in [2.45, 2.75) is 36.6 Å². The van der Waals surface area contributed by atoms with E-state index in [0.29, 0.717) is 11.4 Å². The quantitative estimate of drug-likeness (QED) is 0.676. The number of hydrogen-bond acceptors (Lipinski definition) is 4. The van der Waals surface area contributed by atoms with Gasteiger partial charge in [-0.25, -0.2) is 0 Å². The van der Waals surface area contributed by atoms with Crippen molar-refractivity contribution in [2.75, 3.05) is 7.05 Å². The molecule has 1 aliphatic carbocycles. The summed E-state index contributed by atoms with van der Waals surface area (Å²) >= 11 is 1.57. The van der Waals surface area contributed by atoms with Gasteiger partial charge in [0.1, 0.15) is 5.69 Å².